The van der Waals surface area contributed by atoms with Crippen LogP contribution in [0.4, 0.5) is 4.79 Å². The van der Waals surface area contributed by atoms with Crippen LogP contribution in [0.3, 0.4) is 0 Å². The zero-order chi connectivity index (χ0) is 16.2. The number of likely N-dealkylation sites (N-methyl/N-ethyl adjacent to an activating group) is 1. The maximum atomic E-state index is 12.2. The van der Waals surface area contributed by atoms with Gasteiger partial charge in [0, 0.05) is 18.1 Å². The molecule has 0 saturated heterocycles. The van der Waals surface area contributed by atoms with Gasteiger partial charge in [-0.15, -0.1) is 0 Å². The highest BCUT2D eigenvalue weighted by molar-refractivity contribution is 5.74. The van der Waals surface area contributed by atoms with Gasteiger partial charge in [-0.3, -0.25) is 0 Å². The molecule has 5 nitrogen and oxygen atoms in total. The number of aliphatic hydroxyl groups is 1. The van der Waals surface area contributed by atoms with Crippen molar-refractivity contribution in [1.82, 2.24) is 15.5 Å². The van der Waals surface area contributed by atoms with E-state index in [1.807, 2.05) is 0 Å². The molecule has 2 saturated carbocycles. The molecule has 2 atom stereocenters. The van der Waals surface area contributed by atoms with E-state index in [-0.39, 0.29) is 23.7 Å². The molecule has 3 N–H and O–H groups in total. The molecule has 5 heteroatoms. The highest BCUT2D eigenvalue weighted by Crippen LogP contribution is 2.35. The molecule has 2 unspecified atom stereocenters. The Balaban J connectivity index is 1.80. The van der Waals surface area contributed by atoms with E-state index in [1.54, 1.807) is 0 Å². The number of amides is 2. The molecule has 0 aromatic heterocycles. The quantitative estimate of drug-likeness (QED) is 0.745. The van der Waals surface area contributed by atoms with Crippen LogP contribution in [0.25, 0.3) is 0 Å². The SMILES string of the molecule is CC1CCCC(CNC(=O)NC2CCC(O)CC2)(N(C)C)C1. The minimum absolute atomic E-state index is 0.0548. The molecule has 0 spiro atoms. The molecule has 2 aliphatic rings. The van der Waals surface area contributed by atoms with Gasteiger partial charge in [-0.2, -0.15) is 0 Å². The molecule has 0 aromatic carbocycles. The summed E-state index contributed by atoms with van der Waals surface area (Å²) in [6.07, 6.45) is 8.01. The fourth-order valence-corrected chi connectivity index (χ4v) is 4.06. The molecule has 0 heterocycles. The summed E-state index contributed by atoms with van der Waals surface area (Å²) >= 11 is 0. The minimum Gasteiger partial charge on any atom is -0.393 e. The molecule has 2 rings (SSSR count). The summed E-state index contributed by atoms with van der Waals surface area (Å²) in [5, 5.41) is 15.7. The summed E-state index contributed by atoms with van der Waals surface area (Å²) in [7, 11) is 4.25. The Morgan fingerprint density at radius 2 is 1.91 bits per heavy atom. The van der Waals surface area contributed by atoms with Gasteiger partial charge >= 0.3 is 6.03 Å². The Bertz CT molecular complexity index is 367. The minimum atomic E-state index is -0.179. The van der Waals surface area contributed by atoms with Crippen LogP contribution in [0.15, 0.2) is 0 Å². The second kappa shape index (κ2) is 7.64. The molecule has 2 amide bonds. The van der Waals surface area contributed by atoms with Crippen LogP contribution in [0.2, 0.25) is 0 Å². The van der Waals surface area contributed by atoms with E-state index in [4.69, 9.17) is 0 Å². The van der Waals surface area contributed by atoms with Crippen LogP contribution in [-0.2, 0) is 0 Å². The van der Waals surface area contributed by atoms with Gasteiger partial charge in [-0.25, -0.2) is 4.79 Å². The lowest BCUT2D eigenvalue weighted by Gasteiger charge is -2.45. The molecule has 0 radical (unpaired) electrons. The van der Waals surface area contributed by atoms with Crippen molar-refractivity contribution in [3.63, 3.8) is 0 Å². The second-order valence-electron chi connectivity index (χ2n) is 7.65. The Morgan fingerprint density at radius 1 is 1.23 bits per heavy atom. The first-order chi connectivity index (χ1) is 10.4. The van der Waals surface area contributed by atoms with Crippen molar-refractivity contribution in [2.45, 2.75) is 76.0 Å². The van der Waals surface area contributed by atoms with Crippen molar-refractivity contribution in [2.24, 2.45) is 5.92 Å². The third-order valence-corrected chi connectivity index (χ3v) is 5.63. The summed E-state index contributed by atoms with van der Waals surface area (Å²) in [4.78, 5) is 14.5. The van der Waals surface area contributed by atoms with Crippen LogP contribution in [-0.4, -0.2) is 54.4 Å². The molecule has 2 fully saturated rings. The zero-order valence-electron chi connectivity index (χ0n) is 14.4. The predicted molar refractivity (Wildman–Crippen MR) is 88.8 cm³/mol. The lowest BCUT2D eigenvalue weighted by molar-refractivity contribution is 0.0767. The molecular weight excluding hydrogens is 278 g/mol. The van der Waals surface area contributed by atoms with Crippen molar-refractivity contribution in [2.75, 3.05) is 20.6 Å². The van der Waals surface area contributed by atoms with E-state index in [0.29, 0.717) is 6.54 Å². The van der Waals surface area contributed by atoms with Gasteiger partial charge < -0.3 is 20.6 Å². The smallest absolute Gasteiger partial charge is 0.315 e. The topological polar surface area (TPSA) is 64.6 Å². The van der Waals surface area contributed by atoms with Crippen LogP contribution < -0.4 is 10.6 Å². The van der Waals surface area contributed by atoms with Crippen molar-refractivity contribution in [3.05, 3.63) is 0 Å². The zero-order valence-corrected chi connectivity index (χ0v) is 14.4. The van der Waals surface area contributed by atoms with E-state index in [9.17, 15) is 9.90 Å². The van der Waals surface area contributed by atoms with Gasteiger partial charge in [0.05, 0.1) is 6.10 Å². The van der Waals surface area contributed by atoms with Gasteiger partial charge in [-0.1, -0.05) is 19.8 Å². The van der Waals surface area contributed by atoms with E-state index < -0.39 is 0 Å². The Labute approximate surface area is 134 Å². The van der Waals surface area contributed by atoms with E-state index in [2.05, 4.69) is 36.6 Å². The number of hydrogen-bond donors (Lipinski definition) is 3. The first kappa shape index (κ1) is 17.5. The summed E-state index contributed by atoms with van der Waals surface area (Å²) in [5.74, 6) is 0.723. The van der Waals surface area contributed by atoms with Crippen LogP contribution >= 0.6 is 0 Å². The van der Waals surface area contributed by atoms with Gasteiger partial charge in [0.2, 0.25) is 0 Å². The number of nitrogens with one attached hydrogen (secondary N) is 2. The fraction of sp³-hybridized carbons (Fsp3) is 0.941. The normalized spacial score (nSPS) is 36.1. The largest absolute Gasteiger partial charge is 0.393 e. The maximum absolute atomic E-state index is 12.2. The number of carbonyl (C=O) groups is 1. The van der Waals surface area contributed by atoms with Crippen LogP contribution in [0, 0.1) is 5.92 Å². The molecule has 22 heavy (non-hydrogen) atoms. The Hall–Kier alpha value is -0.810. The van der Waals surface area contributed by atoms with Gasteiger partial charge in [0.1, 0.15) is 0 Å². The first-order valence-corrected chi connectivity index (χ1v) is 8.81. The fourth-order valence-electron chi connectivity index (χ4n) is 4.06. The van der Waals surface area contributed by atoms with Crippen molar-refractivity contribution in [3.8, 4) is 0 Å². The summed E-state index contributed by atoms with van der Waals surface area (Å²) in [6, 6.07) is 0.157. The summed E-state index contributed by atoms with van der Waals surface area (Å²) < 4.78 is 0. The van der Waals surface area contributed by atoms with Crippen molar-refractivity contribution >= 4 is 6.03 Å². The highest BCUT2D eigenvalue weighted by Gasteiger charge is 2.37. The number of carbonyl (C=O) groups excluding carboxylic acids is 1. The second-order valence-corrected chi connectivity index (χ2v) is 7.65. The molecule has 2 aliphatic carbocycles. The average molecular weight is 311 g/mol. The molecule has 0 bridgehead atoms. The molecular formula is C17H33N3O2. The van der Waals surface area contributed by atoms with Crippen molar-refractivity contribution in [1.29, 1.82) is 0 Å². The summed E-state index contributed by atoms with van der Waals surface area (Å²) in [6.45, 7) is 3.02. The number of rotatable bonds is 4. The highest BCUT2D eigenvalue weighted by atomic mass is 16.3. The van der Waals surface area contributed by atoms with E-state index in [1.165, 1.54) is 12.8 Å². The lowest BCUT2D eigenvalue weighted by Crippen LogP contribution is -2.57. The average Bonchev–Trinajstić information content (AvgIpc) is 2.47. The Kier molecular flexibility index (Phi) is 6.09. The predicted octanol–water partition coefficient (Wildman–Crippen LogP) is 2.10. The number of aliphatic hydroxyl groups excluding tert-OH is 1. The Morgan fingerprint density at radius 3 is 2.50 bits per heavy atom. The third kappa shape index (κ3) is 4.59. The number of nitrogens with zero attached hydrogens (tertiary/aromatic N) is 1. The third-order valence-electron chi connectivity index (χ3n) is 5.63. The number of urea groups is 1. The van der Waals surface area contributed by atoms with Gasteiger partial charge in [-0.05, 0) is 58.5 Å². The maximum Gasteiger partial charge on any atom is 0.315 e. The lowest BCUT2D eigenvalue weighted by atomic mass is 9.75. The van der Waals surface area contributed by atoms with Crippen LogP contribution in [0.1, 0.15) is 58.3 Å². The van der Waals surface area contributed by atoms with Gasteiger partial charge in [0.25, 0.3) is 0 Å². The van der Waals surface area contributed by atoms with E-state index in [0.717, 1.165) is 44.4 Å². The standard InChI is InChI=1S/C17H33N3O2/c1-13-5-4-10-17(11-13,20(2)3)12-18-16(22)19-14-6-8-15(21)9-7-14/h13-15,21H,4-12H2,1-3H3,(H2,18,19,22). The van der Waals surface area contributed by atoms with Gasteiger partial charge in [0.15, 0.2) is 0 Å². The monoisotopic (exact) mass is 311 g/mol. The van der Waals surface area contributed by atoms with Crippen LogP contribution in [0.5, 0.6) is 0 Å². The molecule has 128 valence electrons. The number of hydrogen-bond acceptors (Lipinski definition) is 3. The molecule has 0 aromatic rings. The summed E-state index contributed by atoms with van der Waals surface area (Å²) in [5.41, 5.74) is 0.0950. The first-order valence-electron chi connectivity index (χ1n) is 8.81. The van der Waals surface area contributed by atoms with Crippen molar-refractivity contribution < 1.29 is 9.90 Å². The van der Waals surface area contributed by atoms with E-state index >= 15 is 0 Å². The molecule has 0 aliphatic heterocycles.